The van der Waals surface area contributed by atoms with Crippen LogP contribution in [0.5, 0.6) is 0 Å². The number of carbonyl (C=O) groups excluding carboxylic acids is 1. The zero-order valence-corrected chi connectivity index (χ0v) is 12.8. The lowest BCUT2D eigenvalue weighted by Gasteiger charge is -2.22. The Morgan fingerprint density at radius 1 is 1.30 bits per heavy atom. The van der Waals surface area contributed by atoms with Crippen LogP contribution < -0.4 is 5.32 Å². The number of alkyl halides is 3. The van der Waals surface area contributed by atoms with Crippen molar-refractivity contribution in [1.29, 1.82) is 0 Å². The first kappa shape index (κ1) is 17.3. The maximum absolute atomic E-state index is 13.2. The van der Waals surface area contributed by atoms with E-state index < -0.39 is 18.1 Å². The van der Waals surface area contributed by atoms with Gasteiger partial charge in [0.1, 0.15) is 0 Å². The van der Waals surface area contributed by atoms with Crippen LogP contribution >= 0.6 is 11.6 Å². The molecule has 2 aromatic rings. The predicted octanol–water partition coefficient (Wildman–Crippen LogP) is 3.74. The van der Waals surface area contributed by atoms with Crippen molar-refractivity contribution in [1.82, 2.24) is 14.9 Å². The molecule has 0 aliphatic carbocycles. The highest BCUT2D eigenvalue weighted by Crippen LogP contribution is 2.33. The number of hydrogen-bond acceptors (Lipinski definition) is 2. The number of imidazole rings is 1. The van der Waals surface area contributed by atoms with Gasteiger partial charge in [0.2, 0.25) is 5.91 Å². The third kappa shape index (κ3) is 5.28. The molecule has 0 unspecified atom stereocenters. The molecule has 23 heavy (non-hydrogen) atoms. The number of amides is 1. The number of nitrogens with one attached hydrogen (secondary N) is 1. The summed E-state index contributed by atoms with van der Waals surface area (Å²) in [5.41, 5.74) is -0.0511. The second-order valence-electron chi connectivity index (χ2n) is 5.00. The molecule has 0 bridgehead atoms. The fourth-order valence-electron chi connectivity index (χ4n) is 2.08. The molecule has 1 atom stereocenters. The van der Waals surface area contributed by atoms with Gasteiger partial charge in [-0.1, -0.05) is 23.7 Å². The Morgan fingerprint density at radius 3 is 2.57 bits per heavy atom. The average Bonchev–Trinajstić information content (AvgIpc) is 2.98. The first-order valence-corrected chi connectivity index (χ1v) is 7.31. The summed E-state index contributed by atoms with van der Waals surface area (Å²) in [4.78, 5) is 15.7. The number of nitrogens with zero attached hydrogens (tertiary/aromatic N) is 2. The number of halogens is 4. The third-order valence-corrected chi connectivity index (χ3v) is 3.47. The molecule has 124 valence electrons. The van der Waals surface area contributed by atoms with Gasteiger partial charge in [0.25, 0.3) is 0 Å². The van der Waals surface area contributed by atoms with Gasteiger partial charge in [-0.2, -0.15) is 13.2 Å². The largest absolute Gasteiger partial charge is 0.412 e. The Labute approximate surface area is 136 Å². The summed E-state index contributed by atoms with van der Waals surface area (Å²) >= 11 is 5.68. The summed E-state index contributed by atoms with van der Waals surface area (Å²) < 4.78 is 41.2. The topological polar surface area (TPSA) is 46.9 Å². The Morgan fingerprint density at radius 2 is 2.00 bits per heavy atom. The standard InChI is InChI=1S/C15H15ClF3N3O/c16-12-5-3-11(4-6-12)14(15(17,18)19)21-13(23)2-1-8-22-9-7-20-10-22/h3-7,9-10,14H,1-2,8H2,(H,21,23)/t14-/m0/s1. The molecular formula is C15H15ClF3N3O. The van der Waals surface area contributed by atoms with E-state index in [9.17, 15) is 18.0 Å². The molecule has 1 aromatic carbocycles. The van der Waals surface area contributed by atoms with Crippen LogP contribution in [0.4, 0.5) is 13.2 Å². The van der Waals surface area contributed by atoms with Crippen molar-refractivity contribution < 1.29 is 18.0 Å². The molecule has 0 spiro atoms. The highest BCUT2D eigenvalue weighted by atomic mass is 35.5. The second kappa shape index (κ2) is 7.50. The van der Waals surface area contributed by atoms with E-state index in [1.807, 2.05) is 5.32 Å². The van der Waals surface area contributed by atoms with Gasteiger partial charge in [0.05, 0.1) is 6.33 Å². The molecule has 0 aliphatic heterocycles. The minimum Gasteiger partial charge on any atom is -0.341 e. The summed E-state index contributed by atoms with van der Waals surface area (Å²) in [5, 5.41) is 2.38. The Hall–Kier alpha value is -2.02. The van der Waals surface area contributed by atoms with Gasteiger partial charge in [0, 0.05) is 30.4 Å². The van der Waals surface area contributed by atoms with Gasteiger partial charge in [-0.05, 0) is 24.1 Å². The number of aryl methyl sites for hydroxylation is 1. The van der Waals surface area contributed by atoms with E-state index in [2.05, 4.69) is 4.98 Å². The van der Waals surface area contributed by atoms with Crippen molar-refractivity contribution in [2.75, 3.05) is 0 Å². The monoisotopic (exact) mass is 345 g/mol. The molecule has 8 heteroatoms. The van der Waals surface area contributed by atoms with E-state index in [4.69, 9.17) is 11.6 Å². The summed E-state index contributed by atoms with van der Waals surface area (Å²) in [6, 6.07) is 3.20. The molecule has 0 radical (unpaired) electrons. The lowest BCUT2D eigenvalue weighted by molar-refractivity contribution is -0.163. The number of benzene rings is 1. The molecule has 2 rings (SSSR count). The fourth-order valence-corrected chi connectivity index (χ4v) is 2.21. The SMILES string of the molecule is O=C(CCCn1ccnc1)N[C@@H](c1ccc(Cl)cc1)C(F)(F)F. The quantitative estimate of drug-likeness (QED) is 0.867. The van der Waals surface area contributed by atoms with E-state index in [1.165, 1.54) is 24.3 Å². The van der Waals surface area contributed by atoms with Crippen LogP contribution in [0.15, 0.2) is 43.0 Å². The molecule has 4 nitrogen and oxygen atoms in total. The van der Waals surface area contributed by atoms with E-state index in [1.54, 1.807) is 23.3 Å². The van der Waals surface area contributed by atoms with E-state index in [-0.39, 0.29) is 12.0 Å². The summed E-state index contributed by atoms with van der Waals surface area (Å²) in [6.07, 6.45) is 0.758. The first-order chi connectivity index (χ1) is 10.9. The van der Waals surface area contributed by atoms with Crippen LogP contribution in [0.25, 0.3) is 0 Å². The zero-order chi connectivity index (χ0) is 16.9. The second-order valence-corrected chi connectivity index (χ2v) is 5.43. The van der Waals surface area contributed by atoms with E-state index in [0.29, 0.717) is 18.0 Å². The van der Waals surface area contributed by atoms with Crippen molar-refractivity contribution >= 4 is 17.5 Å². The van der Waals surface area contributed by atoms with E-state index in [0.717, 1.165) is 0 Å². The molecule has 0 aliphatic rings. The van der Waals surface area contributed by atoms with Crippen LogP contribution in [0.2, 0.25) is 5.02 Å². The van der Waals surface area contributed by atoms with Gasteiger partial charge < -0.3 is 9.88 Å². The molecule has 0 saturated carbocycles. The van der Waals surface area contributed by atoms with Crippen LogP contribution in [-0.2, 0) is 11.3 Å². The summed E-state index contributed by atoms with van der Waals surface area (Å²) in [6.45, 7) is 0.519. The number of rotatable bonds is 6. The van der Waals surface area contributed by atoms with Crippen molar-refractivity contribution in [3.8, 4) is 0 Å². The zero-order valence-electron chi connectivity index (χ0n) is 12.1. The number of carbonyl (C=O) groups is 1. The Balaban J connectivity index is 1.94. The van der Waals surface area contributed by atoms with Crippen molar-refractivity contribution in [3.63, 3.8) is 0 Å². The summed E-state index contributed by atoms with van der Waals surface area (Å²) in [5.74, 6) is -0.651. The van der Waals surface area contributed by atoms with Gasteiger partial charge in [-0.25, -0.2) is 4.98 Å². The molecule has 1 heterocycles. The molecular weight excluding hydrogens is 331 g/mol. The van der Waals surface area contributed by atoms with Crippen LogP contribution in [0, 0.1) is 0 Å². The summed E-state index contributed by atoms with van der Waals surface area (Å²) in [7, 11) is 0. The molecule has 1 N–H and O–H groups in total. The minimum absolute atomic E-state index is 0.00164. The maximum Gasteiger partial charge on any atom is 0.412 e. The molecule has 1 aromatic heterocycles. The number of hydrogen-bond donors (Lipinski definition) is 1. The van der Waals surface area contributed by atoms with Gasteiger partial charge in [-0.15, -0.1) is 0 Å². The highest BCUT2D eigenvalue weighted by molar-refractivity contribution is 6.30. The Bertz CT molecular complexity index is 626. The minimum atomic E-state index is -4.58. The van der Waals surface area contributed by atoms with Gasteiger partial charge in [-0.3, -0.25) is 4.79 Å². The van der Waals surface area contributed by atoms with Gasteiger partial charge in [0.15, 0.2) is 6.04 Å². The third-order valence-electron chi connectivity index (χ3n) is 3.22. The van der Waals surface area contributed by atoms with Crippen LogP contribution in [0.3, 0.4) is 0 Å². The van der Waals surface area contributed by atoms with Crippen molar-refractivity contribution in [2.24, 2.45) is 0 Å². The van der Waals surface area contributed by atoms with Crippen LogP contribution in [-0.4, -0.2) is 21.6 Å². The highest BCUT2D eigenvalue weighted by Gasteiger charge is 2.41. The van der Waals surface area contributed by atoms with Gasteiger partial charge >= 0.3 is 6.18 Å². The normalized spacial score (nSPS) is 12.9. The van der Waals surface area contributed by atoms with Crippen molar-refractivity contribution in [2.45, 2.75) is 31.6 Å². The fraction of sp³-hybridized carbons (Fsp3) is 0.333. The van der Waals surface area contributed by atoms with E-state index >= 15 is 0 Å². The first-order valence-electron chi connectivity index (χ1n) is 6.93. The average molecular weight is 346 g/mol. The molecule has 1 amide bonds. The lowest BCUT2D eigenvalue weighted by atomic mass is 10.1. The smallest absolute Gasteiger partial charge is 0.341 e. The van der Waals surface area contributed by atoms with Crippen molar-refractivity contribution in [3.05, 3.63) is 53.6 Å². The molecule has 0 fully saturated rings. The Kier molecular flexibility index (Phi) is 5.65. The number of aromatic nitrogens is 2. The molecule has 0 saturated heterocycles. The lowest BCUT2D eigenvalue weighted by Crippen LogP contribution is -2.38. The maximum atomic E-state index is 13.2. The predicted molar refractivity (Wildman–Crippen MR) is 79.9 cm³/mol. The van der Waals surface area contributed by atoms with Crippen LogP contribution in [0.1, 0.15) is 24.4 Å².